The number of nitrogens with one attached hydrogen (secondary N) is 1. The first-order valence-corrected chi connectivity index (χ1v) is 9.76. The molecule has 2 rings (SSSR count). The number of carbonyl (C=O) groups excluding carboxylic acids is 1. The maximum absolute atomic E-state index is 12.3. The lowest BCUT2D eigenvalue weighted by Gasteiger charge is -2.12. The highest BCUT2D eigenvalue weighted by molar-refractivity contribution is 8.00. The van der Waals surface area contributed by atoms with E-state index in [1.54, 1.807) is 0 Å². The fraction of sp³-hybridized carbons (Fsp3) is 0.381. The molecule has 0 radical (unpaired) electrons. The molecule has 4 nitrogen and oxygen atoms in total. The number of hydrogen-bond donors (Lipinski definition) is 1. The Kier molecular flexibility index (Phi) is 6.82. The van der Waals surface area contributed by atoms with Gasteiger partial charge in [-0.3, -0.25) is 4.79 Å². The maximum Gasteiger partial charge on any atom is 0.234 e. The Morgan fingerprint density at radius 1 is 1.23 bits per heavy atom. The van der Waals surface area contributed by atoms with Crippen molar-refractivity contribution in [2.75, 3.05) is 11.1 Å². The zero-order valence-electron chi connectivity index (χ0n) is 16.0. The van der Waals surface area contributed by atoms with Gasteiger partial charge in [0.25, 0.3) is 0 Å². The molecule has 0 spiro atoms. The summed E-state index contributed by atoms with van der Waals surface area (Å²) in [7, 11) is 0. The third-order valence-corrected chi connectivity index (χ3v) is 5.77. The van der Waals surface area contributed by atoms with Crippen molar-refractivity contribution in [3.63, 3.8) is 0 Å². The molecule has 1 N–H and O–H groups in total. The van der Waals surface area contributed by atoms with Crippen LogP contribution >= 0.6 is 11.8 Å². The summed E-state index contributed by atoms with van der Waals surface area (Å²) in [5.74, 6) is 0.628. The van der Waals surface area contributed by atoms with Gasteiger partial charge in [0.2, 0.25) is 5.91 Å². The van der Waals surface area contributed by atoms with Crippen LogP contribution in [0.1, 0.15) is 54.1 Å². The summed E-state index contributed by atoms with van der Waals surface area (Å²) < 4.78 is 0. The van der Waals surface area contributed by atoms with Crippen molar-refractivity contribution in [2.24, 2.45) is 0 Å². The van der Waals surface area contributed by atoms with Gasteiger partial charge in [-0.1, -0.05) is 37.7 Å². The number of thioether (sulfide) groups is 1. The Balaban J connectivity index is 2.03. The van der Waals surface area contributed by atoms with Crippen molar-refractivity contribution in [3.05, 3.63) is 52.2 Å². The van der Waals surface area contributed by atoms with E-state index < -0.39 is 0 Å². The zero-order valence-corrected chi connectivity index (χ0v) is 16.8. The van der Waals surface area contributed by atoms with Crippen LogP contribution in [0.2, 0.25) is 0 Å². The van der Waals surface area contributed by atoms with Crippen LogP contribution in [-0.4, -0.2) is 16.6 Å². The molecule has 1 aromatic heterocycles. The number of carbonyl (C=O) groups is 1. The Hall–Kier alpha value is -2.32. The summed E-state index contributed by atoms with van der Waals surface area (Å²) in [5.41, 5.74) is 5.47. The predicted molar refractivity (Wildman–Crippen MR) is 108 cm³/mol. The van der Waals surface area contributed by atoms with Gasteiger partial charge in [-0.15, -0.1) is 0 Å². The van der Waals surface area contributed by atoms with Crippen molar-refractivity contribution in [1.82, 2.24) is 4.98 Å². The van der Waals surface area contributed by atoms with E-state index in [9.17, 15) is 10.1 Å². The van der Waals surface area contributed by atoms with Crippen molar-refractivity contribution in [2.45, 2.75) is 52.0 Å². The number of nitriles is 1. The Bertz CT molecular complexity index is 838. The molecule has 1 amide bonds. The molecule has 5 heteroatoms. The third-order valence-electron chi connectivity index (χ3n) is 4.79. The maximum atomic E-state index is 12.3. The van der Waals surface area contributed by atoms with Crippen LogP contribution in [-0.2, 0) is 4.79 Å². The number of rotatable bonds is 6. The highest BCUT2D eigenvalue weighted by Gasteiger charge is 2.14. The lowest BCUT2D eigenvalue weighted by molar-refractivity contribution is -0.113. The summed E-state index contributed by atoms with van der Waals surface area (Å²) in [6.45, 7) is 10.2. The molecule has 0 bridgehead atoms. The van der Waals surface area contributed by atoms with Gasteiger partial charge in [0.05, 0.1) is 11.3 Å². The normalized spacial score (nSPS) is 11.7. The molecule has 1 heterocycles. The minimum atomic E-state index is -0.104. The largest absolute Gasteiger partial charge is 0.325 e. The van der Waals surface area contributed by atoms with Crippen molar-refractivity contribution in [1.29, 1.82) is 5.26 Å². The summed E-state index contributed by atoms with van der Waals surface area (Å²) in [4.78, 5) is 16.7. The minimum absolute atomic E-state index is 0.104. The molecule has 26 heavy (non-hydrogen) atoms. The lowest BCUT2D eigenvalue weighted by atomic mass is 9.99. The van der Waals surface area contributed by atoms with E-state index in [4.69, 9.17) is 0 Å². The van der Waals surface area contributed by atoms with Crippen molar-refractivity contribution in [3.8, 4) is 6.07 Å². The van der Waals surface area contributed by atoms with E-state index in [0.717, 1.165) is 28.9 Å². The average Bonchev–Trinajstić information content (AvgIpc) is 2.64. The second-order valence-corrected chi connectivity index (χ2v) is 7.47. The number of hydrogen-bond acceptors (Lipinski definition) is 4. The van der Waals surface area contributed by atoms with Crippen LogP contribution in [0.15, 0.2) is 29.3 Å². The molecule has 1 atom stereocenters. The van der Waals surface area contributed by atoms with Gasteiger partial charge in [0, 0.05) is 11.4 Å². The first-order valence-electron chi connectivity index (χ1n) is 8.77. The molecule has 0 saturated heterocycles. The van der Waals surface area contributed by atoms with Crippen LogP contribution in [0, 0.1) is 32.1 Å². The predicted octanol–water partition coefficient (Wildman–Crippen LogP) is 5.12. The van der Waals surface area contributed by atoms with Crippen LogP contribution in [0.5, 0.6) is 0 Å². The topological polar surface area (TPSA) is 65.8 Å². The van der Waals surface area contributed by atoms with Crippen LogP contribution in [0.4, 0.5) is 5.69 Å². The van der Waals surface area contributed by atoms with E-state index >= 15 is 0 Å². The van der Waals surface area contributed by atoms with Gasteiger partial charge < -0.3 is 5.32 Å². The highest BCUT2D eigenvalue weighted by atomic mass is 32.2. The Morgan fingerprint density at radius 2 is 1.88 bits per heavy atom. The molecule has 0 saturated carbocycles. The molecular formula is C21H25N3OS. The smallest absolute Gasteiger partial charge is 0.234 e. The molecule has 0 fully saturated rings. The number of aromatic nitrogens is 1. The number of aryl methyl sites for hydroxylation is 1. The number of nitrogens with zero attached hydrogens (tertiary/aromatic N) is 2. The second kappa shape index (κ2) is 8.86. The van der Waals surface area contributed by atoms with Gasteiger partial charge in [-0.25, -0.2) is 4.98 Å². The number of anilines is 1. The van der Waals surface area contributed by atoms with E-state index in [1.165, 1.54) is 17.3 Å². The SMILES string of the molecule is CC[C@@H](C)c1ccc(NC(=O)CSc2nc(C)c(C)c(C)c2C#N)cc1. The molecule has 0 aliphatic rings. The summed E-state index contributed by atoms with van der Waals surface area (Å²) in [6, 6.07) is 10.2. The van der Waals surface area contributed by atoms with Crippen LogP contribution < -0.4 is 5.32 Å². The van der Waals surface area contributed by atoms with E-state index in [1.807, 2.05) is 32.9 Å². The third kappa shape index (κ3) is 4.64. The first-order chi connectivity index (χ1) is 12.4. The van der Waals surface area contributed by atoms with E-state index in [-0.39, 0.29) is 11.7 Å². The fourth-order valence-electron chi connectivity index (χ4n) is 2.61. The second-order valence-electron chi connectivity index (χ2n) is 6.51. The molecule has 1 aromatic carbocycles. The van der Waals surface area contributed by atoms with Gasteiger partial charge in [0.15, 0.2) is 0 Å². The Morgan fingerprint density at radius 3 is 2.46 bits per heavy atom. The monoisotopic (exact) mass is 367 g/mol. The van der Waals surface area contributed by atoms with Gasteiger partial charge in [0.1, 0.15) is 11.1 Å². The molecule has 0 aliphatic carbocycles. The standard InChI is InChI=1S/C21H25N3OS/c1-6-13(2)17-7-9-18(10-8-17)24-20(25)12-26-21-19(11-22)15(4)14(3)16(5)23-21/h7-10,13H,6,12H2,1-5H3,(H,24,25)/t13-/m1/s1. The number of amides is 1. The van der Waals surface area contributed by atoms with E-state index in [2.05, 4.69) is 42.4 Å². The zero-order chi connectivity index (χ0) is 19.3. The van der Waals surface area contributed by atoms with Gasteiger partial charge in [-0.05, 0) is 61.9 Å². The average molecular weight is 368 g/mol. The first kappa shape index (κ1) is 20.0. The number of benzene rings is 1. The minimum Gasteiger partial charge on any atom is -0.325 e. The molecule has 0 aliphatic heterocycles. The van der Waals surface area contributed by atoms with E-state index in [0.29, 0.717) is 16.5 Å². The quantitative estimate of drug-likeness (QED) is 0.719. The molecule has 0 unspecified atom stereocenters. The van der Waals surface area contributed by atoms with Crippen LogP contribution in [0.25, 0.3) is 0 Å². The fourth-order valence-corrected chi connectivity index (χ4v) is 3.49. The van der Waals surface area contributed by atoms with Gasteiger partial charge in [-0.2, -0.15) is 5.26 Å². The molecule has 2 aromatic rings. The summed E-state index contributed by atoms with van der Waals surface area (Å²) in [5, 5.41) is 12.9. The van der Waals surface area contributed by atoms with Crippen molar-refractivity contribution < 1.29 is 4.79 Å². The van der Waals surface area contributed by atoms with Crippen molar-refractivity contribution >= 4 is 23.4 Å². The number of pyridine rings is 1. The molecule has 136 valence electrons. The van der Waals surface area contributed by atoms with Gasteiger partial charge >= 0.3 is 0 Å². The highest BCUT2D eigenvalue weighted by Crippen LogP contribution is 2.26. The summed E-state index contributed by atoms with van der Waals surface area (Å²) in [6.07, 6.45) is 1.09. The molecular weight excluding hydrogens is 342 g/mol. The lowest BCUT2D eigenvalue weighted by Crippen LogP contribution is -2.14. The Labute approximate surface area is 160 Å². The summed E-state index contributed by atoms with van der Waals surface area (Å²) >= 11 is 1.30. The van der Waals surface area contributed by atoms with Crippen LogP contribution in [0.3, 0.4) is 0 Å².